The molecule has 0 saturated heterocycles. The molecule has 0 fully saturated rings. The largest absolute Gasteiger partial charge is 0.441 e. The van der Waals surface area contributed by atoms with Crippen molar-refractivity contribution in [3.05, 3.63) is 51.9 Å². The Hall–Kier alpha value is -2.27. The Kier molecular flexibility index (Phi) is 2.12. The molecule has 0 atom stereocenters. The van der Waals surface area contributed by atoms with Crippen LogP contribution in [0.3, 0.4) is 0 Å². The summed E-state index contributed by atoms with van der Waals surface area (Å²) in [4.78, 5) is 4.23. The van der Waals surface area contributed by atoms with E-state index in [0.717, 1.165) is 27.3 Å². The lowest BCUT2D eigenvalue weighted by atomic mass is 10.1. The molecule has 1 aromatic heterocycles. The first-order chi connectivity index (χ1) is 8.22. The second-order valence-corrected chi connectivity index (χ2v) is 4.16. The van der Waals surface area contributed by atoms with Gasteiger partial charge in [0.15, 0.2) is 0 Å². The average molecular weight is 221 g/mol. The molecule has 1 aromatic carbocycles. The van der Waals surface area contributed by atoms with E-state index in [1.807, 2.05) is 26.0 Å². The Morgan fingerprint density at radius 3 is 2.82 bits per heavy atom. The Labute approximate surface area is 98.9 Å². The summed E-state index contributed by atoms with van der Waals surface area (Å²) in [6.45, 7) is 3.91. The van der Waals surface area contributed by atoms with Crippen molar-refractivity contribution in [2.75, 3.05) is 0 Å². The molecule has 1 heterocycles. The lowest BCUT2D eigenvalue weighted by Gasteiger charge is -1.97. The minimum Gasteiger partial charge on any atom is -0.441 e. The van der Waals surface area contributed by atoms with Crippen LogP contribution >= 0.6 is 0 Å². The number of aryl methyl sites for hydroxylation is 1. The van der Waals surface area contributed by atoms with E-state index in [-0.39, 0.29) is 0 Å². The molecule has 0 N–H and O–H groups in total. The summed E-state index contributed by atoms with van der Waals surface area (Å²) in [7, 11) is 0. The molecule has 0 unspecified atom stereocenters. The monoisotopic (exact) mass is 221 g/mol. The van der Waals surface area contributed by atoms with Gasteiger partial charge in [-0.15, -0.1) is 0 Å². The Bertz CT molecular complexity index is 783. The first-order valence-electron chi connectivity index (χ1n) is 5.49. The van der Waals surface area contributed by atoms with Crippen molar-refractivity contribution in [1.82, 2.24) is 4.98 Å². The first kappa shape index (κ1) is 9.92. The molecule has 2 aromatic rings. The van der Waals surface area contributed by atoms with Crippen molar-refractivity contribution in [2.24, 2.45) is 0 Å². The van der Waals surface area contributed by atoms with Gasteiger partial charge in [0.2, 0.25) is 5.89 Å². The van der Waals surface area contributed by atoms with Gasteiger partial charge in [0, 0.05) is 10.8 Å². The molecule has 0 spiro atoms. The van der Waals surface area contributed by atoms with Gasteiger partial charge in [0.25, 0.3) is 0 Å². The molecule has 0 amide bonds. The minimum absolute atomic E-state index is 0.662. The van der Waals surface area contributed by atoms with E-state index in [9.17, 15) is 0 Å². The highest BCUT2D eigenvalue weighted by Crippen LogP contribution is 2.16. The Morgan fingerprint density at radius 1 is 1.18 bits per heavy atom. The molecule has 0 radical (unpaired) electrons. The number of nitrogens with zero attached hydrogens (tertiary/aromatic N) is 1. The van der Waals surface area contributed by atoms with Crippen LogP contribution in [0, 0.1) is 6.92 Å². The standard InChI is InChI=1S/C15H11NO/c1-10-3-4-12-5-6-13(8-14(12)7-10)15-16-9-11(2)17-15/h5-9H,1-2H3. The molecule has 82 valence electrons. The van der Waals surface area contributed by atoms with E-state index in [1.54, 1.807) is 6.20 Å². The zero-order chi connectivity index (χ0) is 11.8. The van der Waals surface area contributed by atoms with Gasteiger partial charge in [-0.3, -0.25) is 0 Å². The summed E-state index contributed by atoms with van der Waals surface area (Å²) >= 11 is 0. The predicted molar refractivity (Wildman–Crippen MR) is 66.5 cm³/mol. The zero-order valence-corrected chi connectivity index (χ0v) is 9.74. The number of aromatic nitrogens is 1. The van der Waals surface area contributed by atoms with Crippen LogP contribution in [0.25, 0.3) is 23.3 Å². The van der Waals surface area contributed by atoms with Crippen molar-refractivity contribution in [3.8, 4) is 11.5 Å². The van der Waals surface area contributed by atoms with Gasteiger partial charge >= 0.3 is 0 Å². The van der Waals surface area contributed by atoms with E-state index >= 15 is 0 Å². The Morgan fingerprint density at radius 2 is 2.06 bits per heavy atom. The van der Waals surface area contributed by atoms with Gasteiger partial charge in [0.1, 0.15) is 5.76 Å². The van der Waals surface area contributed by atoms with Gasteiger partial charge in [-0.2, -0.15) is 0 Å². The third kappa shape index (κ3) is 1.76. The van der Waals surface area contributed by atoms with Gasteiger partial charge in [-0.1, -0.05) is 11.5 Å². The second kappa shape index (κ2) is 3.64. The fourth-order valence-electron chi connectivity index (χ4n) is 1.85. The number of oxazole rings is 1. The summed E-state index contributed by atoms with van der Waals surface area (Å²) in [5.41, 5.74) is 8.27. The van der Waals surface area contributed by atoms with Crippen molar-refractivity contribution in [2.45, 2.75) is 13.8 Å². The van der Waals surface area contributed by atoms with Gasteiger partial charge in [0.05, 0.1) is 6.20 Å². The number of benzene rings is 1. The number of allylic oxidation sites excluding steroid dienone is 1. The highest BCUT2D eigenvalue weighted by atomic mass is 16.4. The van der Waals surface area contributed by atoms with E-state index in [0.29, 0.717) is 5.89 Å². The summed E-state index contributed by atoms with van der Waals surface area (Å²) < 4.78 is 5.52. The highest BCUT2D eigenvalue weighted by molar-refractivity contribution is 5.58. The molecule has 0 bridgehead atoms. The second-order valence-electron chi connectivity index (χ2n) is 4.16. The van der Waals surface area contributed by atoms with E-state index in [1.165, 1.54) is 0 Å². The summed E-state index contributed by atoms with van der Waals surface area (Å²) in [5, 5.41) is 2.19. The van der Waals surface area contributed by atoms with Crippen LogP contribution in [0.1, 0.15) is 12.7 Å². The summed E-state index contributed by atoms with van der Waals surface area (Å²) in [6.07, 6.45) is 3.82. The SMILES string of the molecule is CC1=C=C=c2ccc(-c3ncc(C)o3)cc2=C1. The molecule has 3 rings (SSSR count). The zero-order valence-electron chi connectivity index (χ0n) is 9.74. The maximum atomic E-state index is 5.52. The van der Waals surface area contributed by atoms with Crippen molar-refractivity contribution >= 4 is 11.8 Å². The number of hydrogen-bond acceptors (Lipinski definition) is 2. The number of fused-ring (bicyclic) bond motifs is 1. The third-order valence-electron chi connectivity index (χ3n) is 2.69. The smallest absolute Gasteiger partial charge is 0.226 e. The number of rotatable bonds is 1. The lowest BCUT2D eigenvalue weighted by Crippen LogP contribution is -2.24. The highest BCUT2D eigenvalue weighted by Gasteiger charge is 2.04. The molecule has 2 nitrogen and oxygen atoms in total. The van der Waals surface area contributed by atoms with Crippen LogP contribution in [-0.4, -0.2) is 4.98 Å². The maximum absolute atomic E-state index is 5.52. The first-order valence-corrected chi connectivity index (χ1v) is 5.49. The summed E-state index contributed by atoms with van der Waals surface area (Å²) in [6, 6.07) is 6.07. The molecular formula is C15H11NO. The van der Waals surface area contributed by atoms with Gasteiger partial charge < -0.3 is 4.42 Å². The van der Waals surface area contributed by atoms with E-state index in [4.69, 9.17) is 4.42 Å². The molecule has 1 aliphatic rings. The van der Waals surface area contributed by atoms with Crippen LogP contribution in [0.4, 0.5) is 0 Å². The quantitative estimate of drug-likeness (QED) is 0.688. The fraction of sp³-hybridized carbons (Fsp3) is 0.133. The molecule has 2 heteroatoms. The van der Waals surface area contributed by atoms with Crippen molar-refractivity contribution < 1.29 is 4.42 Å². The predicted octanol–water partition coefficient (Wildman–Crippen LogP) is 1.92. The maximum Gasteiger partial charge on any atom is 0.226 e. The molecular weight excluding hydrogens is 210 g/mol. The minimum atomic E-state index is 0.662. The third-order valence-corrected chi connectivity index (χ3v) is 2.69. The number of hydrogen-bond donors (Lipinski definition) is 0. The normalized spacial score (nSPS) is 12.5. The molecule has 1 aliphatic carbocycles. The van der Waals surface area contributed by atoms with E-state index < -0.39 is 0 Å². The van der Waals surface area contributed by atoms with Gasteiger partial charge in [-0.25, -0.2) is 4.98 Å². The molecule has 0 aliphatic heterocycles. The van der Waals surface area contributed by atoms with Crippen LogP contribution in [0.15, 0.2) is 40.1 Å². The molecule has 0 saturated carbocycles. The van der Waals surface area contributed by atoms with Crippen LogP contribution < -0.4 is 10.4 Å². The van der Waals surface area contributed by atoms with Crippen LogP contribution in [-0.2, 0) is 0 Å². The summed E-state index contributed by atoms with van der Waals surface area (Å²) in [5.74, 6) is 1.49. The average Bonchev–Trinajstić information content (AvgIpc) is 2.75. The lowest BCUT2D eigenvalue weighted by molar-refractivity contribution is 0.542. The van der Waals surface area contributed by atoms with Crippen molar-refractivity contribution in [3.63, 3.8) is 0 Å². The van der Waals surface area contributed by atoms with Crippen molar-refractivity contribution in [1.29, 1.82) is 0 Å². The van der Waals surface area contributed by atoms with Crippen LogP contribution in [0.2, 0.25) is 0 Å². The topological polar surface area (TPSA) is 26.0 Å². The van der Waals surface area contributed by atoms with Crippen LogP contribution in [0.5, 0.6) is 0 Å². The molecule has 17 heavy (non-hydrogen) atoms. The fourth-order valence-corrected chi connectivity index (χ4v) is 1.85. The Balaban J connectivity index is 2.24. The van der Waals surface area contributed by atoms with Gasteiger partial charge in [-0.05, 0) is 48.9 Å². The van der Waals surface area contributed by atoms with E-state index in [2.05, 4.69) is 28.6 Å².